The first-order valence-corrected chi connectivity index (χ1v) is 10.7. The molecule has 1 aliphatic heterocycles. The second kappa shape index (κ2) is 9.80. The number of nitrogens with zero attached hydrogens (tertiary/aromatic N) is 3. The number of benzene rings is 3. The van der Waals surface area contributed by atoms with Crippen LogP contribution in [0.4, 0.5) is 17.1 Å². The van der Waals surface area contributed by atoms with Gasteiger partial charge >= 0.3 is 0 Å². The van der Waals surface area contributed by atoms with Gasteiger partial charge in [-0.15, -0.1) is 0 Å². The van der Waals surface area contributed by atoms with E-state index in [1.54, 1.807) is 0 Å². The molecule has 1 fully saturated rings. The summed E-state index contributed by atoms with van der Waals surface area (Å²) in [5, 5.41) is 13.9. The van der Waals surface area contributed by atoms with Crippen LogP contribution < -0.4 is 10.2 Å². The number of nitro benzene ring substituents is 1. The van der Waals surface area contributed by atoms with Crippen molar-refractivity contribution in [2.45, 2.75) is 6.54 Å². The zero-order valence-electron chi connectivity index (χ0n) is 17.4. The molecule has 164 valence electrons. The Bertz CT molecular complexity index is 1100. The second-order valence-electron chi connectivity index (χ2n) is 7.67. The lowest BCUT2D eigenvalue weighted by Gasteiger charge is -2.36. The number of piperazine rings is 1. The van der Waals surface area contributed by atoms with Gasteiger partial charge in [0.05, 0.1) is 15.5 Å². The molecule has 1 amide bonds. The molecular formula is C24H23ClN4O3. The normalized spacial score (nSPS) is 14.2. The van der Waals surface area contributed by atoms with Gasteiger partial charge in [-0.1, -0.05) is 41.9 Å². The largest absolute Gasteiger partial charge is 0.369 e. The maximum atomic E-state index is 12.5. The van der Waals surface area contributed by atoms with E-state index in [9.17, 15) is 14.9 Å². The molecule has 32 heavy (non-hydrogen) atoms. The van der Waals surface area contributed by atoms with Crippen LogP contribution >= 0.6 is 11.6 Å². The average molecular weight is 451 g/mol. The maximum Gasteiger partial charge on any atom is 0.270 e. The molecule has 0 atom stereocenters. The van der Waals surface area contributed by atoms with Crippen LogP contribution in [0.2, 0.25) is 5.02 Å². The molecule has 3 aromatic carbocycles. The van der Waals surface area contributed by atoms with E-state index in [2.05, 4.69) is 39.4 Å². The van der Waals surface area contributed by atoms with E-state index >= 15 is 0 Å². The summed E-state index contributed by atoms with van der Waals surface area (Å²) < 4.78 is 0. The Balaban J connectivity index is 1.34. The van der Waals surface area contributed by atoms with Crippen LogP contribution in [0.15, 0.2) is 72.8 Å². The van der Waals surface area contributed by atoms with Crippen LogP contribution in [0.25, 0.3) is 0 Å². The van der Waals surface area contributed by atoms with Crippen LogP contribution in [-0.4, -0.2) is 41.9 Å². The molecule has 0 unspecified atom stereocenters. The van der Waals surface area contributed by atoms with Gasteiger partial charge in [0.2, 0.25) is 0 Å². The molecule has 0 bridgehead atoms. The summed E-state index contributed by atoms with van der Waals surface area (Å²) in [7, 11) is 0. The standard InChI is InChI=1S/C24H23ClN4O3/c25-23-11-10-21(29(31)32)16-22(23)24(30)26-19-6-8-20(9-7-19)28-14-12-27(13-15-28)17-18-4-2-1-3-5-18/h1-11,16H,12-15,17H2,(H,26,30). The van der Waals surface area contributed by atoms with Crippen LogP contribution in [0, 0.1) is 10.1 Å². The highest BCUT2D eigenvalue weighted by atomic mass is 35.5. The van der Waals surface area contributed by atoms with Crippen LogP contribution in [0.3, 0.4) is 0 Å². The van der Waals surface area contributed by atoms with Crippen molar-refractivity contribution in [3.8, 4) is 0 Å². The zero-order chi connectivity index (χ0) is 22.5. The van der Waals surface area contributed by atoms with E-state index < -0.39 is 10.8 Å². The Morgan fingerprint density at radius 1 is 0.969 bits per heavy atom. The van der Waals surface area contributed by atoms with E-state index in [1.165, 1.54) is 23.8 Å². The Morgan fingerprint density at radius 3 is 2.31 bits per heavy atom. The van der Waals surface area contributed by atoms with Gasteiger partial charge < -0.3 is 10.2 Å². The molecule has 8 heteroatoms. The monoisotopic (exact) mass is 450 g/mol. The number of carbonyl (C=O) groups is 1. The van der Waals surface area contributed by atoms with Crippen LogP contribution in [0.5, 0.6) is 0 Å². The summed E-state index contributed by atoms with van der Waals surface area (Å²) in [6, 6.07) is 21.9. The third-order valence-corrected chi connectivity index (χ3v) is 5.85. The molecule has 0 radical (unpaired) electrons. The van der Waals surface area contributed by atoms with Crippen molar-refractivity contribution >= 4 is 34.6 Å². The lowest BCUT2D eigenvalue weighted by molar-refractivity contribution is -0.384. The fourth-order valence-electron chi connectivity index (χ4n) is 3.76. The number of nitrogens with one attached hydrogen (secondary N) is 1. The summed E-state index contributed by atoms with van der Waals surface area (Å²) in [5.41, 5.74) is 2.91. The smallest absolute Gasteiger partial charge is 0.270 e. The highest BCUT2D eigenvalue weighted by molar-refractivity contribution is 6.34. The number of nitro groups is 1. The number of hydrogen-bond acceptors (Lipinski definition) is 5. The molecule has 0 aliphatic carbocycles. The maximum absolute atomic E-state index is 12.5. The van der Waals surface area contributed by atoms with Crippen molar-refractivity contribution in [1.82, 2.24) is 4.90 Å². The zero-order valence-corrected chi connectivity index (χ0v) is 18.2. The van der Waals surface area contributed by atoms with Crippen molar-refractivity contribution in [1.29, 1.82) is 0 Å². The number of amides is 1. The summed E-state index contributed by atoms with van der Waals surface area (Å²) in [5.74, 6) is -0.485. The third kappa shape index (κ3) is 5.25. The highest BCUT2D eigenvalue weighted by Gasteiger charge is 2.18. The molecule has 1 saturated heterocycles. The number of non-ortho nitro benzene ring substituents is 1. The molecule has 1 heterocycles. The van der Waals surface area contributed by atoms with Gasteiger partial charge in [0.15, 0.2) is 0 Å². The Labute approximate surface area is 191 Å². The minimum Gasteiger partial charge on any atom is -0.369 e. The van der Waals surface area contributed by atoms with E-state index in [4.69, 9.17) is 11.6 Å². The minimum atomic E-state index is -0.554. The predicted octanol–water partition coefficient (Wildman–Crippen LogP) is 4.82. The molecular weight excluding hydrogens is 428 g/mol. The molecule has 1 aliphatic rings. The van der Waals surface area contributed by atoms with E-state index in [1.807, 2.05) is 30.3 Å². The summed E-state index contributed by atoms with van der Waals surface area (Å²) in [6.07, 6.45) is 0. The molecule has 3 aromatic rings. The van der Waals surface area contributed by atoms with Gasteiger partial charge in [-0.3, -0.25) is 19.8 Å². The van der Waals surface area contributed by atoms with Crippen molar-refractivity contribution in [3.05, 3.63) is 99.1 Å². The minimum absolute atomic E-state index is 0.0690. The van der Waals surface area contributed by atoms with Crippen LogP contribution in [-0.2, 0) is 6.54 Å². The van der Waals surface area contributed by atoms with Crippen molar-refractivity contribution in [2.24, 2.45) is 0 Å². The molecule has 7 nitrogen and oxygen atoms in total. The molecule has 0 spiro atoms. The fraction of sp³-hybridized carbons (Fsp3) is 0.208. The SMILES string of the molecule is O=C(Nc1ccc(N2CCN(Cc3ccccc3)CC2)cc1)c1cc([N+](=O)[O-])ccc1Cl. The summed E-state index contributed by atoms with van der Waals surface area (Å²) in [6.45, 7) is 4.79. The van der Waals surface area contributed by atoms with Gasteiger partial charge in [-0.05, 0) is 35.9 Å². The first-order chi connectivity index (χ1) is 15.5. The topological polar surface area (TPSA) is 78.7 Å². The third-order valence-electron chi connectivity index (χ3n) is 5.52. The molecule has 0 saturated carbocycles. The van der Waals surface area contributed by atoms with Gasteiger partial charge in [-0.25, -0.2) is 0 Å². The van der Waals surface area contributed by atoms with E-state index in [0.29, 0.717) is 5.69 Å². The second-order valence-corrected chi connectivity index (χ2v) is 8.08. The van der Waals surface area contributed by atoms with Gasteiger partial charge in [0.1, 0.15) is 0 Å². The summed E-state index contributed by atoms with van der Waals surface area (Å²) in [4.78, 5) is 27.7. The number of carbonyl (C=O) groups excluding carboxylic acids is 1. The van der Waals surface area contributed by atoms with Gasteiger partial charge in [0, 0.05) is 56.2 Å². The molecule has 0 aromatic heterocycles. The van der Waals surface area contributed by atoms with Crippen molar-refractivity contribution < 1.29 is 9.72 Å². The van der Waals surface area contributed by atoms with Crippen LogP contribution in [0.1, 0.15) is 15.9 Å². The highest BCUT2D eigenvalue weighted by Crippen LogP contribution is 2.24. The number of anilines is 2. The predicted molar refractivity (Wildman–Crippen MR) is 126 cm³/mol. The quantitative estimate of drug-likeness (QED) is 0.430. The molecule has 4 rings (SSSR count). The first-order valence-electron chi connectivity index (χ1n) is 10.4. The number of halogens is 1. The lowest BCUT2D eigenvalue weighted by atomic mass is 10.1. The number of hydrogen-bond donors (Lipinski definition) is 1. The fourth-order valence-corrected chi connectivity index (χ4v) is 3.96. The number of rotatable bonds is 6. The summed E-state index contributed by atoms with van der Waals surface area (Å²) >= 11 is 6.06. The Hall–Kier alpha value is -3.42. The lowest BCUT2D eigenvalue weighted by Crippen LogP contribution is -2.45. The Morgan fingerprint density at radius 2 is 1.66 bits per heavy atom. The van der Waals surface area contributed by atoms with Crippen molar-refractivity contribution in [3.63, 3.8) is 0 Å². The molecule has 1 N–H and O–H groups in total. The first kappa shape index (κ1) is 21.8. The van der Waals surface area contributed by atoms with Crippen molar-refractivity contribution in [2.75, 3.05) is 36.4 Å². The Kier molecular flexibility index (Phi) is 6.68. The van der Waals surface area contributed by atoms with E-state index in [-0.39, 0.29) is 16.3 Å². The van der Waals surface area contributed by atoms with E-state index in [0.717, 1.165) is 38.4 Å². The van der Waals surface area contributed by atoms with Gasteiger partial charge in [-0.2, -0.15) is 0 Å². The average Bonchev–Trinajstić information content (AvgIpc) is 2.81. The van der Waals surface area contributed by atoms with Gasteiger partial charge in [0.25, 0.3) is 11.6 Å².